The first-order valence-corrected chi connectivity index (χ1v) is 6.27. The summed E-state index contributed by atoms with van der Waals surface area (Å²) in [6.07, 6.45) is 0. The number of hydrogen-bond donors (Lipinski definition) is 2. The fourth-order valence-electron chi connectivity index (χ4n) is 1.96. The number of rotatable bonds is 5. The second-order valence-electron chi connectivity index (χ2n) is 4.39. The predicted octanol–water partition coefficient (Wildman–Crippen LogP) is 1.92. The lowest BCUT2D eigenvalue weighted by Gasteiger charge is -2.08. The Balaban J connectivity index is 2.03. The van der Waals surface area contributed by atoms with Gasteiger partial charge in [0.25, 0.3) is 0 Å². The highest BCUT2D eigenvalue weighted by Gasteiger charge is 2.04. The van der Waals surface area contributed by atoms with Crippen molar-refractivity contribution in [1.82, 2.24) is 9.78 Å². The average molecular weight is 258 g/mol. The second-order valence-corrected chi connectivity index (χ2v) is 4.39. The second kappa shape index (κ2) is 5.56. The van der Waals surface area contributed by atoms with Crippen molar-refractivity contribution in [1.29, 1.82) is 0 Å². The van der Waals surface area contributed by atoms with Crippen molar-refractivity contribution in [2.75, 3.05) is 5.32 Å². The molecule has 0 saturated carbocycles. The molecule has 0 aliphatic carbocycles. The van der Waals surface area contributed by atoms with Gasteiger partial charge in [-0.25, -0.2) is 0 Å². The molecule has 3 N–H and O–H groups in total. The first kappa shape index (κ1) is 13.1. The van der Waals surface area contributed by atoms with Gasteiger partial charge in [-0.2, -0.15) is 5.10 Å². The summed E-state index contributed by atoms with van der Waals surface area (Å²) in [5, 5.41) is 7.70. The number of carbonyl (C=O) groups excluding carboxylic acids is 1. The Bertz CT molecular complexity index is 572. The van der Waals surface area contributed by atoms with Crippen LogP contribution < -0.4 is 11.1 Å². The fourth-order valence-corrected chi connectivity index (χ4v) is 1.96. The van der Waals surface area contributed by atoms with Crippen LogP contribution in [0.4, 0.5) is 5.69 Å². The maximum absolute atomic E-state index is 11.0. The molecule has 1 aromatic heterocycles. The number of nitrogens with one attached hydrogen (secondary N) is 1. The largest absolute Gasteiger partial charge is 0.379 e. The lowest BCUT2D eigenvalue weighted by atomic mass is 10.2. The van der Waals surface area contributed by atoms with Crippen LogP contribution in [0.5, 0.6) is 0 Å². The molecule has 0 atom stereocenters. The third kappa shape index (κ3) is 3.13. The van der Waals surface area contributed by atoms with Crippen molar-refractivity contribution < 1.29 is 4.79 Å². The molecule has 1 aromatic carbocycles. The van der Waals surface area contributed by atoms with E-state index in [9.17, 15) is 4.79 Å². The summed E-state index contributed by atoms with van der Waals surface area (Å²) in [5.74, 6) is -0.411. The molecular formula is C14H18N4O. The normalized spacial score (nSPS) is 10.4. The highest BCUT2D eigenvalue weighted by Crippen LogP contribution is 2.12. The number of hydrogen-bond acceptors (Lipinski definition) is 3. The summed E-state index contributed by atoms with van der Waals surface area (Å²) in [5.41, 5.74) is 8.82. The van der Waals surface area contributed by atoms with Gasteiger partial charge in [0.2, 0.25) is 5.91 Å². The van der Waals surface area contributed by atoms with Gasteiger partial charge in [0.05, 0.1) is 17.9 Å². The van der Waals surface area contributed by atoms with Crippen LogP contribution in [0.3, 0.4) is 0 Å². The average Bonchev–Trinajstić information content (AvgIpc) is 2.77. The molecule has 0 unspecified atom stereocenters. The van der Waals surface area contributed by atoms with E-state index in [4.69, 9.17) is 5.73 Å². The van der Waals surface area contributed by atoms with E-state index in [1.54, 1.807) is 12.1 Å². The number of aromatic nitrogens is 2. The molecule has 19 heavy (non-hydrogen) atoms. The first-order valence-electron chi connectivity index (χ1n) is 6.27. The molecule has 0 radical (unpaired) electrons. The van der Waals surface area contributed by atoms with Crippen LogP contribution >= 0.6 is 0 Å². The van der Waals surface area contributed by atoms with E-state index in [0.717, 1.165) is 23.6 Å². The third-order valence-electron chi connectivity index (χ3n) is 2.93. The molecule has 0 bridgehead atoms. The number of primary amides is 1. The van der Waals surface area contributed by atoms with Crippen LogP contribution in [0.1, 0.15) is 28.7 Å². The highest BCUT2D eigenvalue weighted by atomic mass is 16.1. The molecule has 2 aromatic rings. The number of anilines is 1. The van der Waals surface area contributed by atoms with Crippen molar-refractivity contribution >= 4 is 11.6 Å². The van der Waals surface area contributed by atoms with E-state index >= 15 is 0 Å². The summed E-state index contributed by atoms with van der Waals surface area (Å²) in [6.45, 7) is 5.60. The molecule has 2 rings (SSSR count). The van der Waals surface area contributed by atoms with Crippen LogP contribution in [0.2, 0.25) is 0 Å². The molecule has 0 fully saturated rings. The van der Waals surface area contributed by atoms with Crippen molar-refractivity contribution in [3.05, 3.63) is 47.3 Å². The van der Waals surface area contributed by atoms with Gasteiger partial charge in [-0.15, -0.1) is 0 Å². The number of amides is 1. The summed E-state index contributed by atoms with van der Waals surface area (Å²) < 4.78 is 1.97. The Morgan fingerprint density at radius 3 is 2.63 bits per heavy atom. The number of benzene rings is 1. The number of nitrogens with two attached hydrogens (primary N) is 1. The molecular weight excluding hydrogens is 240 g/mol. The third-order valence-corrected chi connectivity index (χ3v) is 2.93. The first-order chi connectivity index (χ1) is 9.10. The van der Waals surface area contributed by atoms with Crippen LogP contribution in [-0.2, 0) is 13.1 Å². The standard InChI is InChI=1S/C14H18N4O/c1-3-18-13(8-10(2)17-18)9-16-12-6-4-11(5-7-12)14(15)19/h4-8,16H,3,9H2,1-2H3,(H2,15,19). The molecule has 5 nitrogen and oxygen atoms in total. The summed E-state index contributed by atoms with van der Waals surface area (Å²) in [6, 6.07) is 9.19. The number of aryl methyl sites for hydroxylation is 2. The number of carbonyl (C=O) groups is 1. The number of nitrogens with zero attached hydrogens (tertiary/aromatic N) is 2. The smallest absolute Gasteiger partial charge is 0.248 e. The van der Waals surface area contributed by atoms with Crippen molar-refractivity contribution in [2.24, 2.45) is 5.73 Å². The highest BCUT2D eigenvalue weighted by molar-refractivity contribution is 5.93. The van der Waals surface area contributed by atoms with Gasteiger partial charge in [-0.3, -0.25) is 9.48 Å². The molecule has 0 saturated heterocycles. The van der Waals surface area contributed by atoms with E-state index in [1.165, 1.54) is 0 Å². The van der Waals surface area contributed by atoms with E-state index in [-0.39, 0.29) is 0 Å². The monoisotopic (exact) mass is 258 g/mol. The Morgan fingerprint density at radius 2 is 2.05 bits per heavy atom. The minimum Gasteiger partial charge on any atom is -0.379 e. The molecule has 0 aliphatic heterocycles. The van der Waals surface area contributed by atoms with Gasteiger partial charge >= 0.3 is 0 Å². The quantitative estimate of drug-likeness (QED) is 0.860. The van der Waals surface area contributed by atoms with Crippen LogP contribution in [-0.4, -0.2) is 15.7 Å². The van der Waals surface area contributed by atoms with E-state index in [1.807, 2.05) is 23.7 Å². The molecule has 0 aliphatic rings. The minimum atomic E-state index is -0.411. The summed E-state index contributed by atoms with van der Waals surface area (Å²) in [4.78, 5) is 11.0. The zero-order valence-electron chi connectivity index (χ0n) is 11.2. The Kier molecular flexibility index (Phi) is 3.85. The van der Waals surface area contributed by atoms with E-state index < -0.39 is 5.91 Å². The zero-order chi connectivity index (χ0) is 13.8. The van der Waals surface area contributed by atoms with Gasteiger partial charge in [-0.05, 0) is 44.2 Å². The summed E-state index contributed by atoms with van der Waals surface area (Å²) >= 11 is 0. The predicted molar refractivity (Wildman–Crippen MR) is 74.9 cm³/mol. The Hall–Kier alpha value is -2.30. The SMILES string of the molecule is CCn1nc(C)cc1CNc1ccc(C(N)=O)cc1. The molecule has 100 valence electrons. The Labute approximate surface area is 112 Å². The molecule has 0 spiro atoms. The van der Waals surface area contributed by atoms with Crippen LogP contribution in [0.25, 0.3) is 0 Å². The summed E-state index contributed by atoms with van der Waals surface area (Å²) in [7, 11) is 0. The maximum atomic E-state index is 11.0. The zero-order valence-corrected chi connectivity index (χ0v) is 11.2. The van der Waals surface area contributed by atoms with Gasteiger partial charge in [-0.1, -0.05) is 0 Å². The van der Waals surface area contributed by atoms with Gasteiger partial charge in [0.15, 0.2) is 0 Å². The van der Waals surface area contributed by atoms with Crippen LogP contribution in [0, 0.1) is 6.92 Å². The van der Waals surface area contributed by atoms with E-state index in [2.05, 4.69) is 23.4 Å². The van der Waals surface area contributed by atoms with Crippen molar-refractivity contribution in [2.45, 2.75) is 26.9 Å². The topological polar surface area (TPSA) is 72.9 Å². The fraction of sp³-hybridized carbons (Fsp3) is 0.286. The van der Waals surface area contributed by atoms with Crippen molar-refractivity contribution in [3.8, 4) is 0 Å². The minimum absolute atomic E-state index is 0.411. The molecule has 5 heteroatoms. The van der Waals surface area contributed by atoms with Gasteiger partial charge in [0, 0.05) is 17.8 Å². The van der Waals surface area contributed by atoms with E-state index in [0.29, 0.717) is 12.1 Å². The van der Waals surface area contributed by atoms with Gasteiger partial charge < -0.3 is 11.1 Å². The molecule has 1 amide bonds. The van der Waals surface area contributed by atoms with Crippen molar-refractivity contribution in [3.63, 3.8) is 0 Å². The maximum Gasteiger partial charge on any atom is 0.248 e. The Morgan fingerprint density at radius 1 is 1.37 bits per heavy atom. The van der Waals surface area contributed by atoms with Crippen LogP contribution in [0.15, 0.2) is 30.3 Å². The lowest BCUT2D eigenvalue weighted by molar-refractivity contribution is 0.100. The molecule has 1 heterocycles. The van der Waals surface area contributed by atoms with Gasteiger partial charge in [0.1, 0.15) is 0 Å². The lowest BCUT2D eigenvalue weighted by Crippen LogP contribution is -2.11.